The fourth-order valence-corrected chi connectivity index (χ4v) is 4.32. The predicted octanol–water partition coefficient (Wildman–Crippen LogP) is 4.18. The van der Waals surface area contributed by atoms with Crippen LogP contribution in [-0.4, -0.2) is 32.4 Å². The first-order valence-corrected chi connectivity index (χ1v) is 11.0. The zero-order valence-electron chi connectivity index (χ0n) is 18.9. The summed E-state index contributed by atoms with van der Waals surface area (Å²) < 4.78 is 0. The summed E-state index contributed by atoms with van der Waals surface area (Å²) in [6.07, 6.45) is 3.03. The molecule has 0 atom stereocenters. The Kier molecular flexibility index (Phi) is 6.09. The van der Waals surface area contributed by atoms with Gasteiger partial charge in [-0.1, -0.05) is 18.2 Å². The highest BCUT2D eigenvalue weighted by Gasteiger charge is 2.50. The van der Waals surface area contributed by atoms with Crippen LogP contribution in [0.1, 0.15) is 35.6 Å². The first kappa shape index (κ1) is 23.0. The molecule has 0 unspecified atom stereocenters. The quantitative estimate of drug-likeness (QED) is 0.445. The number of hydrogen-bond donors (Lipinski definition) is 1. The van der Waals surface area contributed by atoms with Crippen molar-refractivity contribution in [3.8, 4) is 0 Å². The van der Waals surface area contributed by atoms with Crippen molar-refractivity contribution in [1.82, 2.24) is 15.3 Å². The molecule has 1 aromatic heterocycles. The molecule has 2 heterocycles. The van der Waals surface area contributed by atoms with Crippen molar-refractivity contribution in [2.75, 3.05) is 9.80 Å². The van der Waals surface area contributed by atoms with E-state index < -0.39 is 5.54 Å². The monoisotopic (exact) mass is 470 g/mol. The third kappa shape index (κ3) is 4.11. The third-order valence-electron chi connectivity index (χ3n) is 5.64. The molecule has 2 aromatic carbocycles. The van der Waals surface area contributed by atoms with E-state index in [0.717, 1.165) is 16.8 Å². The van der Waals surface area contributed by atoms with Gasteiger partial charge >= 0.3 is 0 Å². The average Bonchev–Trinajstić information content (AvgIpc) is 3.01. The Morgan fingerprint density at radius 3 is 2.38 bits per heavy atom. The Morgan fingerprint density at radius 2 is 1.76 bits per heavy atom. The molecule has 1 aliphatic heterocycles. The maximum Gasteiger partial charge on any atom is 0.289 e. The highest BCUT2D eigenvalue weighted by Crippen LogP contribution is 2.37. The number of hydrogen-bond acceptors (Lipinski definition) is 5. The number of anilines is 2. The van der Waals surface area contributed by atoms with Crippen molar-refractivity contribution in [2.45, 2.75) is 32.9 Å². The summed E-state index contributed by atoms with van der Waals surface area (Å²) in [4.78, 5) is 40.2. The van der Waals surface area contributed by atoms with Crippen molar-refractivity contribution in [2.24, 2.45) is 0 Å². The zero-order chi connectivity index (χ0) is 24.5. The van der Waals surface area contributed by atoms with Crippen LogP contribution >= 0.6 is 12.2 Å². The Labute approximate surface area is 203 Å². The largest absolute Gasteiger partial charge is 0.345 e. The zero-order valence-corrected chi connectivity index (χ0v) is 19.8. The van der Waals surface area contributed by atoms with Gasteiger partial charge in [0.05, 0.1) is 6.57 Å². The summed E-state index contributed by atoms with van der Waals surface area (Å²) in [6, 6.07) is 14.4. The van der Waals surface area contributed by atoms with Crippen LogP contribution < -0.4 is 15.1 Å². The van der Waals surface area contributed by atoms with Crippen LogP contribution in [0.3, 0.4) is 0 Å². The molecule has 0 spiro atoms. The van der Waals surface area contributed by atoms with E-state index >= 15 is 0 Å². The number of nitrogens with one attached hydrogen (secondary N) is 1. The van der Waals surface area contributed by atoms with E-state index in [-0.39, 0.29) is 17.6 Å². The Hall–Kier alpha value is -4.16. The molecule has 9 heteroatoms. The molecule has 0 saturated carbocycles. The van der Waals surface area contributed by atoms with Gasteiger partial charge in [-0.15, -0.1) is 0 Å². The fraction of sp³-hybridized carbons (Fsp3) is 0.200. The minimum atomic E-state index is -0.899. The lowest BCUT2D eigenvalue weighted by atomic mass is 10.0. The normalized spacial score (nSPS) is 14.8. The van der Waals surface area contributed by atoms with Crippen LogP contribution in [0.4, 0.5) is 17.1 Å². The van der Waals surface area contributed by atoms with E-state index in [2.05, 4.69) is 20.1 Å². The second-order valence-electron chi connectivity index (χ2n) is 8.32. The molecular weight excluding hydrogens is 448 g/mol. The van der Waals surface area contributed by atoms with Crippen molar-refractivity contribution in [3.63, 3.8) is 0 Å². The molecule has 0 radical (unpaired) electrons. The second-order valence-corrected chi connectivity index (χ2v) is 8.69. The predicted molar refractivity (Wildman–Crippen MR) is 134 cm³/mol. The van der Waals surface area contributed by atoms with Gasteiger partial charge in [0.2, 0.25) is 5.82 Å². The lowest BCUT2D eigenvalue weighted by Crippen LogP contribution is -2.44. The van der Waals surface area contributed by atoms with Crippen LogP contribution in [0.5, 0.6) is 0 Å². The number of aryl methyl sites for hydroxylation is 1. The number of carbonyl (C=O) groups is 2. The molecule has 1 aliphatic rings. The third-order valence-corrected chi connectivity index (χ3v) is 6.01. The molecule has 2 amide bonds. The van der Waals surface area contributed by atoms with Crippen LogP contribution in [0, 0.1) is 13.5 Å². The molecular formula is C25H22N6O2S. The highest BCUT2D eigenvalue weighted by atomic mass is 32.1. The molecule has 4 rings (SSSR count). The van der Waals surface area contributed by atoms with E-state index in [0.29, 0.717) is 23.0 Å². The fourth-order valence-electron chi connectivity index (χ4n) is 3.80. The van der Waals surface area contributed by atoms with Crippen molar-refractivity contribution in [1.29, 1.82) is 0 Å². The van der Waals surface area contributed by atoms with Crippen molar-refractivity contribution in [3.05, 3.63) is 89.3 Å². The lowest BCUT2D eigenvalue weighted by molar-refractivity contribution is -0.120. The van der Waals surface area contributed by atoms with Crippen molar-refractivity contribution < 1.29 is 9.59 Å². The molecule has 34 heavy (non-hydrogen) atoms. The summed E-state index contributed by atoms with van der Waals surface area (Å²) in [6.45, 7) is 13.1. The van der Waals surface area contributed by atoms with Gasteiger partial charge in [0.25, 0.3) is 11.8 Å². The van der Waals surface area contributed by atoms with Crippen LogP contribution in [0.15, 0.2) is 60.9 Å². The molecule has 0 aliphatic carbocycles. The standard InChI is InChI=1S/C25H22N6O2S/c1-16-14-19(10-11-20(16)26-4)30-23(33)25(2,3)31(24(30)34)18-8-6-17(7-9-18)15-29-22(32)21-27-12-5-13-28-21/h5-14H,15H2,1-3H3,(H,29,32). The molecule has 1 saturated heterocycles. The van der Waals surface area contributed by atoms with Gasteiger partial charge in [-0.2, -0.15) is 0 Å². The summed E-state index contributed by atoms with van der Waals surface area (Å²) >= 11 is 5.73. The Morgan fingerprint density at radius 1 is 1.12 bits per heavy atom. The number of carbonyl (C=O) groups excluding carboxylic acids is 2. The number of rotatable bonds is 5. The summed E-state index contributed by atoms with van der Waals surface area (Å²) in [5.74, 6) is -0.388. The number of aromatic nitrogens is 2. The van der Waals surface area contributed by atoms with Gasteiger partial charge in [-0.25, -0.2) is 14.8 Å². The second kappa shape index (κ2) is 9.00. The Bertz CT molecular complexity index is 1320. The topological polar surface area (TPSA) is 82.8 Å². The van der Waals surface area contributed by atoms with Gasteiger partial charge in [-0.3, -0.25) is 14.5 Å². The molecule has 1 fully saturated rings. The van der Waals surface area contributed by atoms with Crippen LogP contribution in [0.25, 0.3) is 4.85 Å². The van der Waals surface area contributed by atoms with Gasteiger partial charge < -0.3 is 10.2 Å². The van der Waals surface area contributed by atoms with Crippen LogP contribution in [0.2, 0.25) is 0 Å². The number of thiocarbonyl (C=S) groups is 1. The van der Waals surface area contributed by atoms with E-state index in [4.69, 9.17) is 18.8 Å². The highest BCUT2D eigenvalue weighted by molar-refractivity contribution is 7.81. The first-order valence-electron chi connectivity index (χ1n) is 10.5. The molecule has 0 bridgehead atoms. The van der Waals surface area contributed by atoms with Gasteiger partial charge in [0.1, 0.15) is 5.54 Å². The van der Waals surface area contributed by atoms with E-state index in [1.165, 1.54) is 17.3 Å². The average molecular weight is 471 g/mol. The summed E-state index contributed by atoms with van der Waals surface area (Å²) in [7, 11) is 0. The number of benzene rings is 2. The summed E-state index contributed by atoms with van der Waals surface area (Å²) in [5, 5.41) is 3.16. The van der Waals surface area contributed by atoms with Gasteiger partial charge in [0, 0.05) is 30.3 Å². The van der Waals surface area contributed by atoms with Gasteiger partial charge in [0.15, 0.2) is 10.8 Å². The number of amides is 2. The molecule has 8 nitrogen and oxygen atoms in total. The maximum absolute atomic E-state index is 13.3. The van der Waals surface area contributed by atoms with E-state index in [9.17, 15) is 9.59 Å². The van der Waals surface area contributed by atoms with Gasteiger partial charge in [-0.05, 0) is 74.4 Å². The molecule has 1 N–H and O–H groups in total. The minimum absolute atomic E-state index is 0.113. The maximum atomic E-state index is 13.3. The summed E-state index contributed by atoms with van der Waals surface area (Å²) in [5.41, 5.74) is 2.71. The lowest BCUT2D eigenvalue weighted by Gasteiger charge is -2.29. The number of nitrogens with zero attached hydrogens (tertiary/aromatic N) is 5. The molecule has 3 aromatic rings. The van der Waals surface area contributed by atoms with Crippen molar-refractivity contribution >= 4 is 46.2 Å². The SMILES string of the molecule is [C-]#[N+]c1ccc(N2C(=O)C(C)(C)N(c3ccc(CNC(=O)c4ncccn4)cc3)C2=S)cc1C. The smallest absolute Gasteiger partial charge is 0.289 e. The first-order chi connectivity index (χ1) is 16.2. The Balaban J connectivity index is 1.53. The van der Waals surface area contributed by atoms with Crippen LogP contribution in [-0.2, 0) is 11.3 Å². The molecule has 170 valence electrons. The minimum Gasteiger partial charge on any atom is -0.345 e. The van der Waals surface area contributed by atoms with E-state index in [1.54, 1.807) is 24.3 Å². The van der Waals surface area contributed by atoms with E-state index in [1.807, 2.05) is 49.9 Å².